The average molecular weight is 313 g/mol. The summed E-state index contributed by atoms with van der Waals surface area (Å²) in [6, 6.07) is 6.37. The maximum absolute atomic E-state index is 12.6. The number of carbonyl (C=O) groups is 3. The molecule has 0 radical (unpaired) electrons. The topological polar surface area (TPSA) is 83.9 Å². The SMILES string of the molecule is O=C(O)COc1ccc(N2C(=O)[C@@H]3[C@@H](C2=O)[C@@H]2C=C[C@@H]3C2)cc1. The van der Waals surface area contributed by atoms with Gasteiger partial charge in [0.25, 0.3) is 0 Å². The van der Waals surface area contributed by atoms with Crippen LogP contribution in [0.1, 0.15) is 6.42 Å². The summed E-state index contributed by atoms with van der Waals surface area (Å²) in [5.74, 6) is -1.01. The maximum atomic E-state index is 12.6. The Kier molecular flexibility index (Phi) is 3.01. The van der Waals surface area contributed by atoms with Gasteiger partial charge in [0.2, 0.25) is 11.8 Å². The minimum absolute atomic E-state index is 0.129. The van der Waals surface area contributed by atoms with E-state index in [0.717, 1.165) is 6.42 Å². The van der Waals surface area contributed by atoms with E-state index >= 15 is 0 Å². The number of amides is 2. The second kappa shape index (κ2) is 4.94. The van der Waals surface area contributed by atoms with Gasteiger partial charge in [0.15, 0.2) is 6.61 Å². The molecule has 1 aromatic carbocycles. The molecular weight excluding hydrogens is 298 g/mol. The molecule has 1 saturated heterocycles. The standard InChI is InChI=1S/C17H15NO5/c19-13(20)8-23-12-5-3-11(4-6-12)18-16(21)14-9-1-2-10(7-9)15(14)17(18)22/h1-6,9-10,14-15H,7-8H2,(H,19,20)/t9-,10-,14+,15+/m1/s1. The molecule has 1 aliphatic heterocycles. The first-order valence-corrected chi connectivity index (χ1v) is 7.57. The highest BCUT2D eigenvalue weighted by atomic mass is 16.5. The first-order chi connectivity index (χ1) is 11.1. The van der Waals surface area contributed by atoms with Crippen molar-refractivity contribution in [2.75, 3.05) is 11.5 Å². The lowest BCUT2D eigenvalue weighted by atomic mass is 9.85. The van der Waals surface area contributed by atoms with E-state index in [1.807, 2.05) is 0 Å². The number of carboxylic acids is 1. The second-order valence-electron chi connectivity index (χ2n) is 6.19. The minimum Gasteiger partial charge on any atom is -0.482 e. The summed E-state index contributed by atoms with van der Waals surface area (Å²) in [6.07, 6.45) is 5.02. The van der Waals surface area contributed by atoms with Gasteiger partial charge in [-0.1, -0.05) is 12.2 Å². The lowest BCUT2D eigenvalue weighted by Gasteiger charge is -2.17. The van der Waals surface area contributed by atoms with Gasteiger partial charge in [-0.2, -0.15) is 0 Å². The number of rotatable bonds is 4. The summed E-state index contributed by atoms with van der Waals surface area (Å²) in [7, 11) is 0. The molecule has 1 N–H and O–H groups in total. The summed E-state index contributed by atoms with van der Waals surface area (Å²) >= 11 is 0. The largest absolute Gasteiger partial charge is 0.482 e. The minimum atomic E-state index is -1.06. The number of aliphatic carboxylic acids is 1. The molecule has 6 heteroatoms. The molecule has 118 valence electrons. The van der Waals surface area contributed by atoms with Crippen LogP contribution >= 0.6 is 0 Å². The third-order valence-electron chi connectivity index (χ3n) is 4.93. The molecule has 4 rings (SSSR count). The van der Waals surface area contributed by atoms with Crippen molar-refractivity contribution in [2.45, 2.75) is 6.42 Å². The van der Waals surface area contributed by atoms with Gasteiger partial charge < -0.3 is 9.84 Å². The van der Waals surface area contributed by atoms with E-state index in [1.54, 1.807) is 24.3 Å². The molecule has 1 heterocycles. The van der Waals surface area contributed by atoms with Crippen LogP contribution in [0.25, 0.3) is 0 Å². The molecule has 0 aromatic heterocycles. The molecule has 1 aromatic rings. The smallest absolute Gasteiger partial charge is 0.341 e. The molecule has 23 heavy (non-hydrogen) atoms. The number of hydrogen-bond donors (Lipinski definition) is 1. The summed E-state index contributed by atoms with van der Waals surface area (Å²) in [5.41, 5.74) is 0.511. The van der Waals surface area contributed by atoms with Gasteiger partial charge in [0, 0.05) is 0 Å². The lowest BCUT2D eigenvalue weighted by Crippen LogP contribution is -2.32. The summed E-state index contributed by atoms with van der Waals surface area (Å²) in [6.45, 7) is -0.430. The Hall–Kier alpha value is -2.63. The fraction of sp³-hybridized carbons (Fsp3) is 0.353. The van der Waals surface area contributed by atoms with E-state index in [0.29, 0.717) is 11.4 Å². The van der Waals surface area contributed by atoms with E-state index in [9.17, 15) is 14.4 Å². The Labute approximate surface area is 132 Å². The molecule has 2 aliphatic carbocycles. The van der Waals surface area contributed by atoms with E-state index in [2.05, 4.69) is 12.2 Å². The molecule has 2 fully saturated rings. The van der Waals surface area contributed by atoms with Crippen LogP contribution in [0.5, 0.6) is 5.75 Å². The van der Waals surface area contributed by atoms with Gasteiger partial charge in [-0.15, -0.1) is 0 Å². The van der Waals surface area contributed by atoms with Crippen LogP contribution in [-0.2, 0) is 14.4 Å². The predicted molar refractivity (Wildman–Crippen MR) is 79.8 cm³/mol. The number of ether oxygens (including phenoxy) is 1. The number of imide groups is 1. The van der Waals surface area contributed by atoms with Crippen molar-refractivity contribution in [3.63, 3.8) is 0 Å². The molecule has 4 atom stereocenters. The van der Waals surface area contributed by atoms with Gasteiger partial charge in [-0.25, -0.2) is 4.79 Å². The maximum Gasteiger partial charge on any atom is 0.341 e. The predicted octanol–water partition coefficient (Wildman–Crippen LogP) is 1.46. The normalized spacial score (nSPS) is 30.9. The number of carbonyl (C=O) groups excluding carboxylic acids is 2. The second-order valence-corrected chi connectivity index (χ2v) is 6.19. The zero-order valence-electron chi connectivity index (χ0n) is 12.2. The van der Waals surface area contributed by atoms with Crippen LogP contribution < -0.4 is 9.64 Å². The Bertz CT molecular complexity index is 693. The Morgan fingerprint density at radius 1 is 1.09 bits per heavy atom. The van der Waals surface area contributed by atoms with Gasteiger partial charge >= 0.3 is 5.97 Å². The molecule has 6 nitrogen and oxygen atoms in total. The fourth-order valence-electron chi connectivity index (χ4n) is 3.99. The molecule has 0 unspecified atom stereocenters. The van der Waals surface area contributed by atoms with Crippen LogP contribution in [0.3, 0.4) is 0 Å². The Morgan fingerprint density at radius 3 is 2.17 bits per heavy atom. The Balaban J connectivity index is 1.56. The Morgan fingerprint density at radius 2 is 1.65 bits per heavy atom. The van der Waals surface area contributed by atoms with E-state index < -0.39 is 12.6 Å². The summed E-state index contributed by atoms with van der Waals surface area (Å²) in [4.78, 5) is 37.1. The monoisotopic (exact) mass is 313 g/mol. The van der Waals surface area contributed by atoms with Crippen LogP contribution in [-0.4, -0.2) is 29.5 Å². The first-order valence-electron chi connectivity index (χ1n) is 7.57. The number of fused-ring (bicyclic) bond motifs is 5. The fourth-order valence-corrected chi connectivity index (χ4v) is 3.99. The van der Waals surface area contributed by atoms with Crippen molar-refractivity contribution < 1.29 is 24.2 Å². The van der Waals surface area contributed by atoms with E-state index in [-0.39, 0.29) is 35.5 Å². The summed E-state index contributed by atoms with van der Waals surface area (Å²) < 4.78 is 5.06. The van der Waals surface area contributed by atoms with Gasteiger partial charge in [0.1, 0.15) is 5.75 Å². The summed E-state index contributed by atoms with van der Waals surface area (Å²) in [5, 5.41) is 8.59. The van der Waals surface area contributed by atoms with E-state index in [1.165, 1.54) is 4.90 Å². The van der Waals surface area contributed by atoms with Crippen LogP contribution in [0.15, 0.2) is 36.4 Å². The quantitative estimate of drug-likeness (QED) is 0.672. The highest BCUT2D eigenvalue weighted by Crippen LogP contribution is 2.53. The van der Waals surface area contributed by atoms with Crippen molar-refractivity contribution >= 4 is 23.5 Å². The number of carboxylic acid groups (broad SMARTS) is 1. The van der Waals surface area contributed by atoms with Gasteiger partial charge in [0.05, 0.1) is 17.5 Å². The van der Waals surface area contributed by atoms with Crippen molar-refractivity contribution in [1.29, 1.82) is 0 Å². The molecular formula is C17H15NO5. The van der Waals surface area contributed by atoms with Crippen molar-refractivity contribution in [3.05, 3.63) is 36.4 Å². The van der Waals surface area contributed by atoms with Gasteiger partial charge in [-0.3, -0.25) is 14.5 Å². The van der Waals surface area contributed by atoms with Crippen molar-refractivity contribution in [1.82, 2.24) is 0 Å². The molecule has 2 bridgehead atoms. The molecule has 3 aliphatic rings. The van der Waals surface area contributed by atoms with Gasteiger partial charge in [-0.05, 0) is 42.5 Å². The number of hydrogen-bond acceptors (Lipinski definition) is 4. The first kappa shape index (κ1) is 14.0. The van der Waals surface area contributed by atoms with E-state index in [4.69, 9.17) is 9.84 Å². The lowest BCUT2D eigenvalue weighted by molar-refractivity contribution is -0.139. The zero-order valence-corrected chi connectivity index (χ0v) is 12.2. The van der Waals surface area contributed by atoms with Crippen molar-refractivity contribution in [2.24, 2.45) is 23.7 Å². The average Bonchev–Trinajstić information content (AvgIpc) is 3.20. The third kappa shape index (κ3) is 2.05. The van der Waals surface area contributed by atoms with Crippen LogP contribution in [0, 0.1) is 23.7 Å². The van der Waals surface area contributed by atoms with Crippen molar-refractivity contribution in [3.8, 4) is 5.75 Å². The molecule has 2 amide bonds. The highest BCUT2D eigenvalue weighted by Gasteiger charge is 2.59. The third-order valence-corrected chi connectivity index (χ3v) is 4.93. The molecule has 0 spiro atoms. The number of nitrogens with zero attached hydrogens (tertiary/aromatic N) is 1. The molecule has 1 saturated carbocycles. The van der Waals surface area contributed by atoms with Crippen LogP contribution in [0.2, 0.25) is 0 Å². The zero-order chi connectivity index (χ0) is 16.1. The highest BCUT2D eigenvalue weighted by molar-refractivity contribution is 6.22. The number of benzene rings is 1. The number of anilines is 1. The number of allylic oxidation sites excluding steroid dienone is 2. The van der Waals surface area contributed by atoms with Crippen LogP contribution in [0.4, 0.5) is 5.69 Å².